The zero-order valence-electron chi connectivity index (χ0n) is 13.8. The monoisotopic (exact) mass is 363 g/mol. The van der Waals surface area contributed by atoms with Crippen LogP contribution in [0.15, 0.2) is 23.6 Å². The molecule has 0 saturated carbocycles. The summed E-state index contributed by atoms with van der Waals surface area (Å²) < 4.78 is 12.8. The Balaban J connectivity index is 1.52. The van der Waals surface area contributed by atoms with Gasteiger partial charge in [0, 0.05) is 24.5 Å². The number of thiophene rings is 1. The number of amides is 1. The van der Waals surface area contributed by atoms with Gasteiger partial charge in [0.15, 0.2) is 0 Å². The van der Waals surface area contributed by atoms with Crippen LogP contribution in [0.1, 0.15) is 6.42 Å². The minimum atomic E-state index is -0.448. The second kappa shape index (κ2) is 7.25. The van der Waals surface area contributed by atoms with E-state index in [0.29, 0.717) is 38.1 Å². The maximum absolute atomic E-state index is 12.7. The van der Waals surface area contributed by atoms with Crippen LogP contribution in [0, 0.1) is 11.8 Å². The highest BCUT2D eigenvalue weighted by molar-refractivity contribution is 7.13. The van der Waals surface area contributed by atoms with Crippen LogP contribution < -0.4 is 5.32 Å². The van der Waals surface area contributed by atoms with E-state index in [1.54, 1.807) is 16.0 Å². The van der Waals surface area contributed by atoms with Crippen LogP contribution in [-0.2, 0) is 20.8 Å². The fourth-order valence-corrected chi connectivity index (χ4v) is 4.21. The number of anilines is 1. The molecule has 0 spiro atoms. The van der Waals surface area contributed by atoms with Gasteiger partial charge >= 0.3 is 0 Å². The molecule has 2 aromatic heterocycles. The number of nitrogens with one attached hydrogen (secondary N) is 1. The van der Waals surface area contributed by atoms with Crippen molar-refractivity contribution in [3.63, 3.8) is 0 Å². The summed E-state index contributed by atoms with van der Waals surface area (Å²) in [6.45, 7) is 2.20. The second-order valence-electron chi connectivity index (χ2n) is 6.37. The molecule has 2 aliphatic heterocycles. The zero-order chi connectivity index (χ0) is 17.2. The van der Waals surface area contributed by atoms with Crippen molar-refractivity contribution < 1.29 is 19.4 Å². The summed E-state index contributed by atoms with van der Waals surface area (Å²) in [6.07, 6.45) is 0.399. The first-order valence-electron chi connectivity index (χ1n) is 8.49. The van der Waals surface area contributed by atoms with Crippen molar-refractivity contribution >= 4 is 23.1 Å². The van der Waals surface area contributed by atoms with E-state index < -0.39 is 6.10 Å². The number of hydrogen-bond donors (Lipinski definition) is 2. The fraction of sp³-hybridized carbons (Fsp3) is 0.529. The Hall–Kier alpha value is -1.74. The summed E-state index contributed by atoms with van der Waals surface area (Å²) in [6, 6.07) is 5.78. The number of nitrogens with zero attached hydrogens (tertiary/aromatic N) is 2. The Morgan fingerprint density at radius 2 is 2.40 bits per heavy atom. The molecule has 134 valence electrons. The van der Waals surface area contributed by atoms with Crippen LogP contribution in [0.3, 0.4) is 0 Å². The quantitative estimate of drug-likeness (QED) is 0.843. The van der Waals surface area contributed by atoms with Crippen LogP contribution in [0.2, 0.25) is 0 Å². The highest BCUT2D eigenvalue weighted by Crippen LogP contribution is 2.34. The van der Waals surface area contributed by atoms with Gasteiger partial charge in [-0.15, -0.1) is 11.3 Å². The van der Waals surface area contributed by atoms with Crippen LogP contribution in [0.4, 0.5) is 5.82 Å². The standard InChI is InChI=1S/C17H21N3O4S/c21-5-4-20-15(8-13(19-20)14-2-1-7-25-14)18-17(22)16-12-3-6-23-9-11(12)10-24-16/h1-2,7-8,11-12,16,21H,3-6,9-10H2,(H,18,22)/t11-,12-,16+/m0/s1. The smallest absolute Gasteiger partial charge is 0.254 e. The van der Waals surface area contributed by atoms with Gasteiger partial charge in [0.25, 0.3) is 5.91 Å². The Morgan fingerprint density at radius 3 is 3.20 bits per heavy atom. The molecule has 8 heteroatoms. The first-order valence-corrected chi connectivity index (χ1v) is 9.37. The van der Waals surface area contributed by atoms with E-state index in [1.165, 1.54) is 0 Å². The molecule has 0 bridgehead atoms. The summed E-state index contributed by atoms with van der Waals surface area (Å²) in [7, 11) is 0. The molecule has 2 saturated heterocycles. The number of aliphatic hydroxyl groups is 1. The van der Waals surface area contributed by atoms with Gasteiger partial charge in [0.2, 0.25) is 0 Å². The Labute approximate surface area is 149 Å². The highest BCUT2D eigenvalue weighted by Gasteiger charge is 2.43. The van der Waals surface area contributed by atoms with Crippen molar-refractivity contribution in [2.24, 2.45) is 11.8 Å². The van der Waals surface area contributed by atoms with Crippen molar-refractivity contribution in [1.82, 2.24) is 9.78 Å². The van der Waals surface area contributed by atoms with E-state index in [-0.39, 0.29) is 18.4 Å². The predicted molar refractivity (Wildman–Crippen MR) is 93.4 cm³/mol. The molecule has 1 amide bonds. The third-order valence-corrected chi connectivity index (χ3v) is 5.68. The molecular weight excluding hydrogens is 342 g/mol. The summed E-state index contributed by atoms with van der Waals surface area (Å²) in [5.74, 6) is 0.945. The van der Waals surface area contributed by atoms with Gasteiger partial charge in [-0.05, 0) is 17.9 Å². The average molecular weight is 363 g/mol. The van der Waals surface area contributed by atoms with Gasteiger partial charge in [-0.1, -0.05) is 6.07 Å². The van der Waals surface area contributed by atoms with E-state index in [1.807, 2.05) is 23.6 Å². The van der Waals surface area contributed by atoms with Gasteiger partial charge < -0.3 is 19.9 Å². The topological polar surface area (TPSA) is 85.6 Å². The van der Waals surface area contributed by atoms with Gasteiger partial charge in [-0.3, -0.25) is 4.79 Å². The Kier molecular flexibility index (Phi) is 4.85. The van der Waals surface area contributed by atoms with E-state index in [2.05, 4.69) is 10.4 Å². The number of aromatic nitrogens is 2. The normalized spacial score (nSPS) is 25.7. The third kappa shape index (κ3) is 3.35. The zero-order valence-corrected chi connectivity index (χ0v) is 14.6. The van der Waals surface area contributed by atoms with Crippen molar-refractivity contribution in [1.29, 1.82) is 0 Å². The molecule has 2 aliphatic rings. The van der Waals surface area contributed by atoms with Crippen LogP contribution >= 0.6 is 11.3 Å². The minimum absolute atomic E-state index is 0.0452. The van der Waals surface area contributed by atoms with Gasteiger partial charge in [0.05, 0.1) is 31.2 Å². The first-order chi connectivity index (χ1) is 12.3. The lowest BCUT2D eigenvalue weighted by atomic mass is 9.86. The van der Waals surface area contributed by atoms with Crippen molar-refractivity contribution in [2.45, 2.75) is 19.1 Å². The van der Waals surface area contributed by atoms with Gasteiger partial charge in [0.1, 0.15) is 17.6 Å². The summed E-state index contributed by atoms with van der Waals surface area (Å²) in [4.78, 5) is 13.8. The lowest BCUT2D eigenvalue weighted by Gasteiger charge is -2.26. The molecule has 0 unspecified atom stereocenters. The number of aliphatic hydroxyl groups excluding tert-OH is 1. The number of carbonyl (C=O) groups is 1. The van der Waals surface area contributed by atoms with Crippen molar-refractivity contribution in [3.8, 4) is 10.6 Å². The second-order valence-corrected chi connectivity index (χ2v) is 7.32. The molecular formula is C17H21N3O4S. The summed E-state index contributed by atoms with van der Waals surface area (Å²) >= 11 is 1.59. The number of hydrogen-bond acceptors (Lipinski definition) is 6. The molecule has 3 atom stereocenters. The molecule has 0 aliphatic carbocycles. The predicted octanol–water partition coefficient (Wildman–Crippen LogP) is 1.59. The number of carbonyl (C=O) groups excluding carboxylic acids is 1. The fourth-order valence-electron chi connectivity index (χ4n) is 3.53. The molecule has 2 N–H and O–H groups in total. The van der Waals surface area contributed by atoms with Gasteiger partial charge in [-0.2, -0.15) is 5.10 Å². The van der Waals surface area contributed by atoms with Crippen molar-refractivity contribution in [2.75, 3.05) is 31.7 Å². The molecule has 4 rings (SSSR count). The summed E-state index contributed by atoms with van der Waals surface area (Å²) in [5.41, 5.74) is 0.787. The van der Waals surface area contributed by atoms with Crippen LogP contribution in [0.5, 0.6) is 0 Å². The van der Waals surface area contributed by atoms with E-state index >= 15 is 0 Å². The Morgan fingerprint density at radius 1 is 1.48 bits per heavy atom. The molecule has 0 aromatic carbocycles. The third-order valence-electron chi connectivity index (χ3n) is 4.79. The number of rotatable bonds is 5. The highest BCUT2D eigenvalue weighted by atomic mass is 32.1. The first kappa shape index (κ1) is 16.7. The molecule has 4 heterocycles. The van der Waals surface area contributed by atoms with E-state index in [4.69, 9.17) is 9.47 Å². The average Bonchev–Trinajstić information content (AvgIpc) is 3.35. The number of fused-ring (bicyclic) bond motifs is 1. The molecule has 25 heavy (non-hydrogen) atoms. The molecule has 2 aromatic rings. The lowest BCUT2D eigenvalue weighted by Crippen LogP contribution is -2.37. The molecule has 2 fully saturated rings. The maximum atomic E-state index is 12.7. The summed E-state index contributed by atoms with van der Waals surface area (Å²) in [5, 5.41) is 18.7. The minimum Gasteiger partial charge on any atom is -0.394 e. The maximum Gasteiger partial charge on any atom is 0.254 e. The lowest BCUT2D eigenvalue weighted by molar-refractivity contribution is -0.126. The van der Waals surface area contributed by atoms with Crippen LogP contribution in [-0.4, -0.2) is 53.3 Å². The largest absolute Gasteiger partial charge is 0.394 e. The van der Waals surface area contributed by atoms with Gasteiger partial charge in [-0.25, -0.2) is 4.68 Å². The van der Waals surface area contributed by atoms with E-state index in [0.717, 1.165) is 17.0 Å². The SMILES string of the molecule is O=C(Nc1cc(-c2cccs2)nn1CCO)[C@@H]1OC[C@@H]2COCC[C@@H]21. The van der Waals surface area contributed by atoms with Crippen LogP contribution in [0.25, 0.3) is 10.6 Å². The molecule has 0 radical (unpaired) electrons. The number of ether oxygens (including phenoxy) is 2. The van der Waals surface area contributed by atoms with E-state index in [9.17, 15) is 9.90 Å². The van der Waals surface area contributed by atoms with Crippen molar-refractivity contribution in [3.05, 3.63) is 23.6 Å². The molecule has 7 nitrogen and oxygen atoms in total. The Bertz CT molecular complexity index is 730.